The fraction of sp³-hybridized carbons (Fsp3) is 0.750. The molecular formula is C36H51NO4. The summed E-state index contributed by atoms with van der Waals surface area (Å²) in [5.74, 6) is 3.63. The van der Waals surface area contributed by atoms with Crippen LogP contribution < -0.4 is 0 Å². The summed E-state index contributed by atoms with van der Waals surface area (Å²) in [5, 5.41) is 10.4. The average molecular weight is 562 g/mol. The van der Waals surface area contributed by atoms with Gasteiger partial charge in [-0.3, -0.25) is 0 Å². The maximum atomic E-state index is 13.5. The minimum Gasteiger partial charge on any atom is -0.445 e. The summed E-state index contributed by atoms with van der Waals surface area (Å²) in [6, 6.07) is 10.1. The first-order valence-electron chi connectivity index (χ1n) is 16.7. The van der Waals surface area contributed by atoms with Crippen molar-refractivity contribution in [2.45, 2.75) is 122 Å². The first-order chi connectivity index (χ1) is 19.7. The number of allylic oxidation sites excluding steroid dienone is 1. The van der Waals surface area contributed by atoms with Crippen LogP contribution in [0.5, 0.6) is 0 Å². The lowest BCUT2D eigenvalue weighted by Crippen LogP contribution is -2.54. The van der Waals surface area contributed by atoms with Crippen LogP contribution in [-0.4, -0.2) is 46.5 Å². The summed E-state index contributed by atoms with van der Waals surface area (Å²) >= 11 is 0. The second kappa shape index (κ2) is 10.4. The number of fused-ring (bicyclic) bond motifs is 6. The van der Waals surface area contributed by atoms with E-state index < -0.39 is 0 Å². The van der Waals surface area contributed by atoms with E-state index >= 15 is 0 Å². The van der Waals surface area contributed by atoms with Gasteiger partial charge in [-0.05, 0) is 112 Å². The fourth-order valence-corrected chi connectivity index (χ4v) is 11.0. The molecule has 4 aliphatic carbocycles. The van der Waals surface area contributed by atoms with Crippen LogP contribution >= 0.6 is 0 Å². The van der Waals surface area contributed by atoms with Crippen LogP contribution in [0.2, 0.25) is 0 Å². The number of likely N-dealkylation sites (tertiary alicyclic amines) is 1. The third-order valence-corrected chi connectivity index (χ3v) is 13.2. The van der Waals surface area contributed by atoms with Crippen molar-refractivity contribution in [1.82, 2.24) is 4.90 Å². The predicted octanol–water partition coefficient (Wildman–Crippen LogP) is 7.52. The Morgan fingerprint density at radius 1 is 1.10 bits per heavy atom. The largest absolute Gasteiger partial charge is 0.445 e. The standard InChI is InChI=1S/C36H51NO4/c1-22-16-32-33(37(20-22)34(39)40-21-25-8-6-5-7-9-25)24(3)36(41-32)15-13-28-29-11-10-26-17-27(38)12-14-35(26,4)31(29)18-30(28)23(2)19-36/h5-9,22,24,26-29,31-33,38H,10-21H2,1-4H3/t22-,24+,26+,27-,28-,29-,31?,32+,33-,35-,36-/m0/s1. The van der Waals surface area contributed by atoms with Crippen molar-refractivity contribution in [3.63, 3.8) is 0 Å². The number of amides is 1. The summed E-state index contributed by atoms with van der Waals surface area (Å²) in [7, 11) is 0. The van der Waals surface area contributed by atoms with Crippen molar-refractivity contribution in [1.29, 1.82) is 0 Å². The lowest BCUT2D eigenvalue weighted by atomic mass is 9.52. The molecule has 1 aromatic rings. The van der Waals surface area contributed by atoms with E-state index in [1.54, 1.807) is 11.1 Å². The molecular weight excluding hydrogens is 510 g/mol. The molecule has 1 unspecified atom stereocenters. The van der Waals surface area contributed by atoms with E-state index in [9.17, 15) is 9.90 Å². The van der Waals surface area contributed by atoms with Gasteiger partial charge in [-0.1, -0.05) is 62.2 Å². The molecule has 0 aromatic heterocycles. The van der Waals surface area contributed by atoms with Gasteiger partial charge in [-0.15, -0.1) is 0 Å². The van der Waals surface area contributed by atoms with E-state index in [1.165, 1.54) is 32.1 Å². The molecule has 1 amide bonds. The number of hydrogen-bond acceptors (Lipinski definition) is 4. The Morgan fingerprint density at radius 3 is 2.71 bits per heavy atom. The quantitative estimate of drug-likeness (QED) is 0.380. The fourth-order valence-electron chi connectivity index (χ4n) is 11.0. The number of ether oxygens (including phenoxy) is 2. The van der Waals surface area contributed by atoms with Crippen LogP contribution in [0.15, 0.2) is 41.5 Å². The summed E-state index contributed by atoms with van der Waals surface area (Å²) in [5.41, 5.74) is 4.56. The van der Waals surface area contributed by atoms with Crippen LogP contribution in [0, 0.1) is 40.9 Å². The molecule has 5 nitrogen and oxygen atoms in total. The summed E-state index contributed by atoms with van der Waals surface area (Å²) in [6.07, 6.45) is 11.2. The Hall–Kier alpha value is -1.85. The number of carbonyl (C=O) groups excluding carboxylic acids is 1. The van der Waals surface area contributed by atoms with Gasteiger partial charge in [0.2, 0.25) is 0 Å². The van der Waals surface area contributed by atoms with Crippen molar-refractivity contribution >= 4 is 6.09 Å². The molecule has 5 fully saturated rings. The number of nitrogens with zero attached hydrogens (tertiary/aromatic N) is 1. The summed E-state index contributed by atoms with van der Waals surface area (Å²) in [4.78, 5) is 15.5. The van der Waals surface area contributed by atoms with Crippen LogP contribution in [-0.2, 0) is 16.1 Å². The van der Waals surface area contributed by atoms with E-state index in [0.717, 1.165) is 56.0 Å². The van der Waals surface area contributed by atoms with E-state index in [4.69, 9.17) is 9.47 Å². The third kappa shape index (κ3) is 4.60. The third-order valence-electron chi connectivity index (χ3n) is 13.2. The zero-order valence-electron chi connectivity index (χ0n) is 25.7. The predicted molar refractivity (Wildman–Crippen MR) is 160 cm³/mol. The highest BCUT2D eigenvalue weighted by Gasteiger charge is 2.60. The zero-order valence-corrected chi connectivity index (χ0v) is 25.7. The number of benzene rings is 1. The maximum Gasteiger partial charge on any atom is 0.410 e. The van der Waals surface area contributed by atoms with E-state index in [1.807, 2.05) is 35.2 Å². The number of aliphatic hydroxyl groups is 1. The average Bonchev–Trinajstić information content (AvgIpc) is 3.42. The molecule has 11 atom stereocenters. The molecule has 2 saturated heterocycles. The highest BCUT2D eigenvalue weighted by Crippen LogP contribution is 2.65. The summed E-state index contributed by atoms with van der Waals surface area (Å²) in [6.45, 7) is 10.7. The first kappa shape index (κ1) is 28.0. The van der Waals surface area contributed by atoms with Crippen molar-refractivity contribution in [3.05, 3.63) is 47.0 Å². The van der Waals surface area contributed by atoms with Gasteiger partial charge in [0.1, 0.15) is 6.61 Å². The molecule has 1 spiro atoms. The van der Waals surface area contributed by atoms with E-state index in [0.29, 0.717) is 29.8 Å². The van der Waals surface area contributed by atoms with Gasteiger partial charge in [-0.2, -0.15) is 0 Å². The number of hydrogen-bond donors (Lipinski definition) is 1. The van der Waals surface area contributed by atoms with Crippen molar-refractivity contribution in [3.8, 4) is 0 Å². The molecule has 0 bridgehead atoms. The molecule has 1 N–H and O–H groups in total. The van der Waals surface area contributed by atoms with Gasteiger partial charge in [0, 0.05) is 12.5 Å². The van der Waals surface area contributed by atoms with Gasteiger partial charge in [-0.25, -0.2) is 4.79 Å². The Bertz CT molecular complexity index is 1180. The minimum atomic E-state index is -0.190. The number of piperidine rings is 1. The second-order valence-corrected chi connectivity index (χ2v) is 15.3. The van der Waals surface area contributed by atoms with Gasteiger partial charge < -0.3 is 19.5 Å². The maximum absolute atomic E-state index is 13.5. The van der Waals surface area contributed by atoms with Gasteiger partial charge >= 0.3 is 6.09 Å². The molecule has 2 aliphatic heterocycles. The highest BCUT2D eigenvalue weighted by atomic mass is 16.6. The van der Waals surface area contributed by atoms with Crippen molar-refractivity contribution < 1.29 is 19.4 Å². The molecule has 7 rings (SSSR count). The Labute approximate surface area is 247 Å². The monoisotopic (exact) mass is 561 g/mol. The zero-order chi connectivity index (χ0) is 28.5. The molecule has 3 saturated carbocycles. The molecule has 1 aromatic carbocycles. The number of rotatable bonds is 2. The number of carbonyl (C=O) groups is 1. The number of aliphatic hydroxyl groups excluding tert-OH is 1. The normalized spacial score (nSPS) is 45.5. The molecule has 6 aliphatic rings. The highest BCUT2D eigenvalue weighted by molar-refractivity contribution is 5.68. The molecule has 2 heterocycles. The molecule has 41 heavy (non-hydrogen) atoms. The first-order valence-corrected chi connectivity index (χ1v) is 16.7. The second-order valence-electron chi connectivity index (χ2n) is 15.3. The Balaban J connectivity index is 1.11. The van der Waals surface area contributed by atoms with Crippen LogP contribution in [0.1, 0.15) is 97.5 Å². The molecule has 5 heteroatoms. The van der Waals surface area contributed by atoms with E-state index in [2.05, 4.69) is 27.7 Å². The van der Waals surface area contributed by atoms with Crippen LogP contribution in [0.4, 0.5) is 4.79 Å². The van der Waals surface area contributed by atoms with Crippen LogP contribution in [0.25, 0.3) is 0 Å². The van der Waals surface area contributed by atoms with Crippen molar-refractivity contribution in [2.24, 2.45) is 40.9 Å². The van der Waals surface area contributed by atoms with Gasteiger partial charge in [0.05, 0.1) is 23.9 Å². The molecule has 224 valence electrons. The lowest BCUT2D eigenvalue weighted by Gasteiger charge is -2.53. The Kier molecular flexibility index (Phi) is 7.09. The lowest BCUT2D eigenvalue weighted by molar-refractivity contribution is -0.0832. The molecule has 0 radical (unpaired) electrons. The smallest absolute Gasteiger partial charge is 0.410 e. The SMILES string of the molecule is CC1=C2CC3[C@@H](CC[C@@H]4C[C@@H](O)CC[C@]34C)[C@@H]2CC[C@@]2(C1)O[C@@H]1C[C@H](C)CN(C(=O)OCc3ccccc3)[C@H]1[C@H]2C. The topological polar surface area (TPSA) is 59.0 Å². The van der Waals surface area contributed by atoms with Gasteiger partial charge in [0.25, 0.3) is 0 Å². The van der Waals surface area contributed by atoms with Crippen molar-refractivity contribution in [2.75, 3.05) is 6.54 Å². The summed E-state index contributed by atoms with van der Waals surface area (Å²) < 4.78 is 13.1. The Morgan fingerprint density at radius 2 is 1.90 bits per heavy atom. The van der Waals surface area contributed by atoms with Crippen LogP contribution in [0.3, 0.4) is 0 Å². The van der Waals surface area contributed by atoms with Gasteiger partial charge in [0.15, 0.2) is 0 Å². The minimum absolute atomic E-state index is 0.0836. The van der Waals surface area contributed by atoms with E-state index in [-0.39, 0.29) is 35.9 Å².